The summed E-state index contributed by atoms with van der Waals surface area (Å²) in [7, 11) is 0. The van der Waals surface area contributed by atoms with E-state index in [-0.39, 0.29) is 35.3 Å². The van der Waals surface area contributed by atoms with Gasteiger partial charge in [-0.2, -0.15) is 0 Å². The number of rotatable bonds is 4. The summed E-state index contributed by atoms with van der Waals surface area (Å²) in [5, 5.41) is 11.8. The number of carbonyl (C=O) groups is 2. The van der Waals surface area contributed by atoms with Gasteiger partial charge in [0.1, 0.15) is 6.54 Å². The van der Waals surface area contributed by atoms with Gasteiger partial charge in [-0.05, 0) is 33.3 Å². The predicted molar refractivity (Wildman–Crippen MR) is 70.4 cm³/mol. The van der Waals surface area contributed by atoms with Crippen molar-refractivity contribution in [2.75, 3.05) is 0 Å². The van der Waals surface area contributed by atoms with Gasteiger partial charge in [-0.25, -0.2) is 4.79 Å². The predicted octanol–water partition coefficient (Wildman–Crippen LogP) is 0.688. The maximum atomic E-state index is 11.8. The minimum Gasteiger partial charge on any atom is -0.478 e. The van der Waals surface area contributed by atoms with Crippen LogP contribution in [-0.4, -0.2) is 27.6 Å². The normalized spacial score (nSPS) is 10.6. The van der Waals surface area contributed by atoms with Crippen LogP contribution in [0.5, 0.6) is 0 Å². The largest absolute Gasteiger partial charge is 0.478 e. The SMILES string of the molecule is Cc1cc(=O)n(CC(=O)NC(C)C)c(C)c1C(=O)O. The third-order valence-corrected chi connectivity index (χ3v) is 2.73. The molecule has 0 bridgehead atoms. The molecule has 19 heavy (non-hydrogen) atoms. The van der Waals surface area contributed by atoms with E-state index in [0.29, 0.717) is 5.56 Å². The van der Waals surface area contributed by atoms with Crippen LogP contribution in [0.25, 0.3) is 0 Å². The molecule has 1 aromatic heterocycles. The van der Waals surface area contributed by atoms with Gasteiger partial charge in [-0.15, -0.1) is 0 Å². The molecule has 0 saturated carbocycles. The second-order valence-electron chi connectivity index (χ2n) is 4.74. The van der Waals surface area contributed by atoms with E-state index in [1.165, 1.54) is 17.6 Å². The molecule has 1 heterocycles. The second-order valence-corrected chi connectivity index (χ2v) is 4.74. The molecule has 0 radical (unpaired) electrons. The van der Waals surface area contributed by atoms with Crippen LogP contribution >= 0.6 is 0 Å². The quantitative estimate of drug-likeness (QED) is 0.839. The molecule has 0 aromatic carbocycles. The van der Waals surface area contributed by atoms with Gasteiger partial charge in [0.2, 0.25) is 5.91 Å². The zero-order valence-corrected chi connectivity index (χ0v) is 11.5. The Bertz CT molecular complexity index is 573. The molecule has 0 atom stereocenters. The van der Waals surface area contributed by atoms with E-state index < -0.39 is 5.97 Å². The first kappa shape index (κ1) is 14.9. The summed E-state index contributed by atoms with van der Waals surface area (Å²) in [5.41, 5.74) is 0.378. The summed E-state index contributed by atoms with van der Waals surface area (Å²) in [6.45, 7) is 6.54. The van der Waals surface area contributed by atoms with Crippen molar-refractivity contribution >= 4 is 11.9 Å². The Labute approximate surface area is 111 Å². The van der Waals surface area contributed by atoms with Gasteiger partial charge in [-0.1, -0.05) is 0 Å². The highest BCUT2D eigenvalue weighted by Crippen LogP contribution is 2.11. The summed E-state index contributed by atoms with van der Waals surface area (Å²) < 4.78 is 1.17. The lowest BCUT2D eigenvalue weighted by Gasteiger charge is -2.15. The number of hydrogen-bond donors (Lipinski definition) is 2. The van der Waals surface area contributed by atoms with Crippen molar-refractivity contribution in [3.63, 3.8) is 0 Å². The zero-order chi connectivity index (χ0) is 14.7. The van der Waals surface area contributed by atoms with Crippen molar-refractivity contribution in [3.8, 4) is 0 Å². The van der Waals surface area contributed by atoms with Crippen molar-refractivity contribution in [2.45, 2.75) is 40.3 Å². The minimum absolute atomic E-state index is 0.0344. The molecule has 1 rings (SSSR count). The first-order chi connectivity index (χ1) is 8.73. The summed E-state index contributed by atoms with van der Waals surface area (Å²) in [4.78, 5) is 34.7. The number of nitrogens with zero attached hydrogens (tertiary/aromatic N) is 1. The number of nitrogens with one attached hydrogen (secondary N) is 1. The molecule has 2 N–H and O–H groups in total. The maximum Gasteiger partial charge on any atom is 0.337 e. The van der Waals surface area contributed by atoms with Crippen molar-refractivity contribution in [1.82, 2.24) is 9.88 Å². The van der Waals surface area contributed by atoms with Gasteiger partial charge in [-0.3, -0.25) is 9.59 Å². The van der Waals surface area contributed by atoms with E-state index in [0.717, 1.165) is 0 Å². The summed E-state index contributed by atoms with van der Waals surface area (Å²) in [6.07, 6.45) is 0. The lowest BCUT2D eigenvalue weighted by molar-refractivity contribution is -0.122. The Morgan fingerprint density at radius 3 is 2.42 bits per heavy atom. The lowest BCUT2D eigenvalue weighted by atomic mass is 10.1. The fourth-order valence-electron chi connectivity index (χ4n) is 1.95. The topological polar surface area (TPSA) is 88.4 Å². The number of carboxylic acids is 1. The van der Waals surface area contributed by atoms with Crippen LogP contribution < -0.4 is 10.9 Å². The Morgan fingerprint density at radius 2 is 1.95 bits per heavy atom. The van der Waals surface area contributed by atoms with Crippen LogP contribution in [0.1, 0.15) is 35.5 Å². The van der Waals surface area contributed by atoms with Crippen LogP contribution in [0.2, 0.25) is 0 Å². The van der Waals surface area contributed by atoms with Crippen LogP contribution in [0.3, 0.4) is 0 Å². The number of aromatic nitrogens is 1. The average Bonchev–Trinajstić information content (AvgIpc) is 2.22. The molecule has 6 nitrogen and oxygen atoms in total. The lowest BCUT2D eigenvalue weighted by Crippen LogP contribution is -2.37. The molecule has 1 aromatic rings. The molecule has 0 aliphatic rings. The fraction of sp³-hybridized carbons (Fsp3) is 0.462. The summed E-state index contributed by atoms with van der Waals surface area (Å²) in [5.74, 6) is -1.42. The van der Waals surface area contributed by atoms with E-state index in [2.05, 4.69) is 5.32 Å². The molecule has 1 amide bonds. The molecule has 0 fully saturated rings. The summed E-state index contributed by atoms with van der Waals surface area (Å²) >= 11 is 0. The van der Waals surface area contributed by atoms with Crippen LogP contribution in [0, 0.1) is 13.8 Å². The van der Waals surface area contributed by atoms with Crippen molar-refractivity contribution < 1.29 is 14.7 Å². The number of amides is 1. The number of carboxylic acid groups (broad SMARTS) is 1. The van der Waals surface area contributed by atoms with Gasteiger partial charge in [0, 0.05) is 17.8 Å². The van der Waals surface area contributed by atoms with E-state index in [1.807, 2.05) is 13.8 Å². The Morgan fingerprint density at radius 1 is 1.37 bits per heavy atom. The highest BCUT2D eigenvalue weighted by Gasteiger charge is 2.17. The van der Waals surface area contributed by atoms with Crippen molar-refractivity contribution in [1.29, 1.82) is 0 Å². The van der Waals surface area contributed by atoms with Crippen LogP contribution in [0.15, 0.2) is 10.9 Å². The van der Waals surface area contributed by atoms with E-state index in [9.17, 15) is 14.4 Å². The third kappa shape index (κ3) is 3.43. The molecule has 0 aliphatic heterocycles. The molecule has 104 valence electrons. The Hall–Kier alpha value is -2.11. The fourth-order valence-corrected chi connectivity index (χ4v) is 1.95. The molecule has 0 unspecified atom stereocenters. The van der Waals surface area contributed by atoms with Gasteiger partial charge in [0.15, 0.2) is 0 Å². The van der Waals surface area contributed by atoms with Gasteiger partial charge in [0.05, 0.1) is 5.56 Å². The number of aryl methyl sites for hydroxylation is 1. The summed E-state index contributed by atoms with van der Waals surface area (Å²) in [6, 6.07) is 1.20. The standard InChI is InChI=1S/C13H18N2O4/c1-7(2)14-10(16)6-15-9(4)12(13(18)19)8(3)5-11(15)17/h5,7H,6H2,1-4H3,(H,14,16)(H,18,19). The third-order valence-electron chi connectivity index (χ3n) is 2.73. The Kier molecular flexibility index (Phi) is 4.47. The van der Waals surface area contributed by atoms with Gasteiger partial charge < -0.3 is 15.0 Å². The molecular formula is C13H18N2O4. The second kappa shape index (κ2) is 5.69. The zero-order valence-electron chi connectivity index (χ0n) is 11.5. The van der Waals surface area contributed by atoms with E-state index in [4.69, 9.17) is 5.11 Å². The number of hydrogen-bond acceptors (Lipinski definition) is 3. The number of carbonyl (C=O) groups excluding carboxylic acids is 1. The van der Waals surface area contributed by atoms with E-state index in [1.54, 1.807) is 6.92 Å². The van der Waals surface area contributed by atoms with Crippen molar-refractivity contribution in [2.24, 2.45) is 0 Å². The van der Waals surface area contributed by atoms with Crippen LogP contribution in [-0.2, 0) is 11.3 Å². The van der Waals surface area contributed by atoms with Gasteiger partial charge in [0.25, 0.3) is 5.56 Å². The smallest absolute Gasteiger partial charge is 0.337 e. The van der Waals surface area contributed by atoms with Gasteiger partial charge >= 0.3 is 5.97 Å². The van der Waals surface area contributed by atoms with E-state index >= 15 is 0 Å². The molecular weight excluding hydrogens is 248 g/mol. The first-order valence-electron chi connectivity index (χ1n) is 5.97. The first-order valence-corrected chi connectivity index (χ1v) is 5.97. The number of pyridine rings is 1. The monoisotopic (exact) mass is 266 g/mol. The van der Waals surface area contributed by atoms with Crippen LogP contribution in [0.4, 0.5) is 0 Å². The minimum atomic E-state index is -1.10. The molecule has 6 heteroatoms. The highest BCUT2D eigenvalue weighted by molar-refractivity contribution is 5.90. The Balaban J connectivity index is 3.22. The molecule has 0 aliphatic carbocycles. The average molecular weight is 266 g/mol. The van der Waals surface area contributed by atoms with Crippen molar-refractivity contribution in [3.05, 3.63) is 33.2 Å². The number of aromatic carboxylic acids is 1. The highest BCUT2D eigenvalue weighted by atomic mass is 16.4. The molecule has 0 spiro atoms. The maximum absolute atomic E-state index is 11.8. The molecule has 0 saturated heterocycles.